The van der Waals surface area contributed by atoms with E-state index in [1.807, 2.05) is 4.72 Å². The highest BCUT2D eigenvalue weighted by molar-refractivity contribution is 7.93. The van der Waals surface area contributed by atoms with E-state index >= 15 is 0 Å². The van der Waals surface area contributed by atoms with Gasteiger partial charge in [-0.15, -0.1) is 0 Å². The van der Waals surface area contributed by atoms with E-state index in [0.717, 1.165) is 0 Å². The zero-order valence-electron chi connectivity index (χ0n) is 24.4. The highest BCUT2D eigenvalue weighted by Crippen LogP contribution is 2.40. The number of nitrogens with zero attached hydrogens (tertiary/aromatic N) is 5. The minimum Gasteiger partial charge on any atom is -0.484 e. The summed E-state index contributed by atoms with van der Waals surface area (Å²) in [5.41, 5.74) is 9.28. The van der Waals surface area contributed by atoms with Crippen molar-refractivity contribution in [3.63, 3.8) is 0 Å². The Balaban J connectivity index is 1.54. The third-order valence-electron chi connectivity index (χ3n) is 6.91. The van der Waals surface area contributed by atoms with Crippen LogP contribution in [0.15, 0.2) is 61.1 Å². The van der Waals surface area contributed by atoms with E-state index in [-0.39, 0.29) is 23.9 Å². The minimum atomic E-state index is -5.04. The SMILES string of the molecule is CC(Oc1cc(-c2nn(C)c3c(-c4cnn(CCOCC(=O)O)c4)cnc(N)c23)ccc1NS(=O)(=O)C(F)F)c1ccc(F)cc1. The maximum absolute atomic E-state index is 13.5. The first kappa shape index (κ1) is 32.2. The molecule has 13 nitrogen and oxygen atoms in total. The predicted octanol–water partition coefficient (Wildman–Crippen LogP) is 4.43. The molecule has 5 aromatic rings. The van der Waals surface area contributed by atoms with Gasteiger partial charge in [0.2, 0.25) is 0 Å². The molecule has 0 radical (unpaired) electrons. The average Bonchev–Trinajstić information content (AvgIpc) is 3.62. The lowest BCUT2D eigenvalue weighted by Crippen LogP contribution is -2.21. The molecule has 0 saturated carbocycles. The number of benzene rings is 2. The van der Waals surface area contributed by atoms with Gasteiger partial charge in [-0.25, -0.2) is 22.6 Å². The minimum absolute atomic E-state index is 0.0913. The van der Waals surface area contributed by atoms with Crippen LogP contribution in [0, 0.1) is 5.82 Å². The summed E-state index contributed by atoms with van der Waals surface area (Å²) in [7, 11) is -3.35. The fourth-order valence-electron chi connectivity index (χ4n) is 4.73. The number of nitrogens with two attached hydrogens (primary N) is 1. The van der Waals surface area contributed by atoms with E-state index in [1.54, 1.807) is 41.9 Å². The number of halogens is 3. The van der Waals surface area contributed by atoms with Crippen molar-refractivity contribution in [1.82, 2.24) is 24.5 Å². The van der Waals surface area contributed by atoms with Crippen molar-refractivity contribution >= 4 is 38.4 Å². The van der Waals surface area contributed by atoms with E-state index in [9.17, 15) is 26.4 Å². The van der Waals surface area contributed by atoms with Gasteiger partial charge in [-0.05, 0) is 36.8 Å². The first-order valence-electron chi connectivity index (χ1n) is 13.6. The maximum atomic E-state index is 13.5. The highest BCUT2D eigenvalue weighted by Gasteiger charge is 2.27. The van der Waals surface area contributed by atoms with E-state index < -0.39 is 40.3 Å². The smallest absolute Gasteiger partial charge is 0.355 e. The van der Waals surface area contributed by atoms with Gasteiger partial charge in [0, 0.05) is 36.1 Å². The Morgan fingerprint density at radius 2 is 1.87 bits per heavy atom. The van der Waals surface area contributed by atoms with E-state index in [1.165, 1.54) is 42.5 Å². The number of aryl methyl sites for hydroxylation is 1. The summed E-state index contributed by atoms with van der Waals surface area (Å²) in [5.74, 6) is -5.19. The Labute approximate surface area is 260 Å². The van der Waals surface area contributed by atoms with Crippen molar-refractivity contribution in [3.05, 3.63) is 72.4 Å². The molecule has 0 saturated heterocycles. The maximum Gasteiger partial charge on any atom is 0.355 e. The lowest BCUT2D eigenvalue weighted by molar-refractivity contribution is -0.142. The molecule has 4 N–H and O–H groups in total. The molecule has 3 heterocycles. The van der Waals surface area contributed by atoms with Gasteiger partial charge in [-0.1, -0.05) is 18.2 Å². The molecule has 0 bridgehead atoms. The van der Waals surface area contributed by atoms with Crippen LogP contribution in [0.1, 0.15) is 18.6 Å². The van der Waals surface area contributed by atoms with Crippen LogP contribution in [-0.4, -0.2) is 63.0 Å². The van der Waals surface area contributed by atoms with Gasteiger partial charge in [0.25, 0.3) is 10.0 Å². The number of pyridine rings is 1. The van der Waals surface area contributed by atoms with E-state index in [0.29, 0.717) is 45.4 Å². The van der Waals surface area contributed by atoms with Gasteiger partial charge < -0.3 is 20.3 Å². The molecule has 0 aliphatic heterocycles. The molecule has 0 aliphatic carbocycles. The van der Waals surface area contributed by atoms with Crippen LogP contribution in [0.5, 0.6) is 5.75 Å². The van der Waals surface area contributed by atoms with Gasteiger partial charge in [0.1, 0.15) is 35.8 Å². The second kappa shape index (κ2) is 13.1. The lowest BCUT2D eigenvalue weighted by Gasteiger charge is -2.19. The molecule has 5 rings (SSSR count). The van der Waals surface area contributed by atoms with E-state index in [2.05, 4.69) is 15.2 Å². The fourth-order valence-corrected chi connectivity index (χ4v) is 5.30. The number of carboxylic acid groups (broad SMARTS) is 1. The molecule has 242 valence electrons. The molecule has 1 atom stereocenters. The number of hydrogen-bond donors (Lipinski definition) is 3. The summed E-state index contributed by atoms with van der Waals surface area (Å²) in [6.45, 7) is 1.64. The van der Waals surface area contributed by atoms with Crippen LogP contribution < -0.4 is 15.2 Å². The normalized spacial score (nSPS) is 12.5. The van der Waals surface area contributed by atoms with Crippen molar-refractivity contribution in [2.24, 2.45) is 7.05 Å². The number of carbonyl (C=O) groups is 1. The molecule has 17 heteroatoms. The number of anilines is 2. The monoisotopic (exact) mass is 659 g/mol. The molecule has 0 fully saturated rings. The lowest BCUT2D eigenvalue weighted by atomic mass is 10.0. The number of rotatable bonds is 13. The molecule has 46 heavy (non-hydrogen) atoms. The first-order chi connectivity index (χ1) is 21.8. The van der Waals surface area contributed by atoms with Gasteiger partial charge in [0.05, 0.1) is 35.9 Å². The van der Waals surface area contributed by atoms with Crippen LogP contribution >= 0.6 is 0 Å². The Hall–Kier alpha value is -5.16. The van der Waals surface area contributed by atoms with Crippen molar-refractivity contribution in [2.45, 2.75) is 25.3 Å². The standard InChI is InChI=1S/C29H28F3N7O6S/c1-16(17-3-6-20(30)7-4-17)45-23-11-18(5-8-22(23)37-46(42,43)29(31)32)26-25-27(38(2)36-26)21(13-34-28(25)33)19-12-35-39(14-19)9-10-44-15-24(40)41/h3-8,11-14,16,29,37H,9-10,15H2,1-2H3,(H2,33,34)(H,40,41). The van der Waals surface area contributed by atoms with Gasteiger partial charge in [0.15, 0.2) is 0 Å². The summed E-state index contributed by atoms with van der Waals surface area (Å²) >= 11 is 0. The summed E-state index contributed by atoms with van der Waals surface area (Å²) in [6, 6.07) is 9.61. The number of sulfonamides is 1. The van der Waals surface area contributed by atoms with Gasteiger partial charge >= 0.3 is 11.7 Å². The molecular formula is C29H28F3N7O6S. The summed E-state index contributed by atoms with van der Waals surface area (Å²) in [6.07, 6.45) is 4.15. The molecule has 0 amide bonds. The van der Waals surface area contributed by atoms with Crippen LogP contribution in [0.3, 0.4) is 0 Å². The quantitative estimate of drug-likeness (QED) is 0.153. The number of aliphatic carboxylic acids is 1. The van der Waals surface area contributed by atoms with Crippen molar-refractivity contribution in [1.29, 1.82) is 0 Å². The second-order valence-electron chi connectivity index (χ2n) is 10.1. The number of nitrogens with one attached hydrogen (secondary N) is 1. The zero-order chi connectivity index (χ0) is 33.2. The molecule has 3 aromatic heterocycles. The summed E-state index contributed by atoms with van der Waals surface area (Å²) in [5, 5.41) is 18.1. The third kappa shape index (κ3) is 6.89. The molecule has 1 unspecified atom stereocenters. The van der Waals surface area contributed by atoms with Crippen molar-refractivity contribution in [3.8, 4) is 28.1 Å². The second-order valence-corrected chi connectivity index (χ2v) is 11.8. The Kier molecular flexibility index (Phi) is 9.15. The van der Waals surface area contributed by atoms with E-state index in [4.69, 9.17) is 20.3 Å². The third-order valence-corrected chi connectivity index (χ3v) is 7.88. The van der Waals surface area contributed by atoms with Crippen LogP contribution in [0.2, 0.25) is 0 Å². The summed E-state index contributed by atoms with van der Waals surface area (Å²) < 4.78 is 80.3. The molecule has 0 aliphatic rings. The Bertz CT molecular complexity index is 2000. The molecule has 2 aromatic carbocycles. The number of nitrogen functional groups attached to an aromatic ring is 1. The first-order valence-corrected chi connectivity index (χ1v) is 15.2. The van der Waals surface area contributed by atoms with Gasteiger partial charge in [-0.2, -0.15) is 19.0 Å². The van der Waals surface area contributed by atoms with Crippen LogP contribution in [-0.2, 0) is 33.1 Å². The van der Waals surface area contributed by atoms with Crippen molar-refractivity contribution < 1.29 is 41.0 Å². The van der Waals surface area contributed by atoms with Crippen LogP contribution in [0.25, 0.3) is 33.3 Å². The number of aromatic nitrogens is 5. The Morgan fingerprint density at radius 3 is 2.57 bits per heavy atom. The average molecular weight is 660 g/mol. The van der Waals surface area contributed by atoms with Crippen LogP contribution in [0.4, 0.5) is 24.7 Å². The largest absolute Gasteiger partial charge is 0.484 e. The number of fused-ring (bicyclic) bond motifs is 1. The Morgan fingerprint density at radius 1 is 1.13 bits per heavy atom. The number of hydrogen-bond acceptors (Lipinski definition) is 9. The number of ether oxygens (including phenoxy) is 2. The van der Waals surface area contributed by atoms with Gasteiger partial charge in [-0.3, -0.25) is 14.1 Å². The summed E-state index contributed by atoms with van der Waals surface area (Å²) in [4.78, 5) is 15.0. The zero-order valence-corrected chi connectivity index (χ0v) is 25.2. The predicted molar refractivity (Wildman–Crippen MR) is 162 cm³/mol. The van der Waals surface area contributed by atoms with Crippen molar-refractivity contribution in [2.75, 3.05) is 23.7 Å². The highest BCUT2D eigenvalue weighted by atomic mass is 32.2. The fraction of sp³-hybridized carbons (Fsp3) is 0.241. The number of alkyl halides is 2. The molecular weight excluding hydrogens is 631 g/mol. The number of carboxylic acids is 1. The topological polar surface area (TPSA) is 176 Å². The molecule has 0 spiro atoms.